The zero-order valence-corrected chi connectivity index (χ0v) is 21.6. The van der Waals surface area contributed by atoms with Gasteiger partial charge in [-0.1, -0.05) is 6.07 Å². The molecule has 0 bridgehead atoms. The zero-order chi connectivity index (χ0) is 26.2. The van der Waals surface area contributed by atoms with Crippen molar-refractivity contribution in [2.75, 3.05) is 18.5 Å². The number of thiophene rings is 1. The highest BCUT2D eigenvalue weighted by atomic mass is 32.2. The molecule has 0 spiro atoms. The fraction of sp³-hybridized carbons (Fsp3) is 0.417. The van der Waals surface area contributed by atoms with Crippen LogP contribution < -0.4 is 10.0 Å². The summed E-state index contributed by atoms with van der Waals surface area (Å²) in [5.74, 6) is -0.286. The molecule has 1 aliphatic carbocycles. The van der Waals surface area contributed by atoms with Gasteiger partial charge in [0.2, 0.25) is 5.78 Å². The summed E-state index contributed by atoms with van der Waals surface area (Å²) in [5, 5.41) is 13.6. The van der Waals surface area contributed by atoms with E-state index in [9.17, 15) is 18.3 Å². The van der Waals surface area contributed by atoms with Gasteiger partial charge in [0.15, 0.2) is 0 Å². The number of nitrogens with one attached hydrogen (secondary N) is 2. The summed E-state index contributed by atoms with van der Waals surface area (Å²) >= 11 is 1.38. The first-order valence-corrected chi connectivity index (χ1v) is 14.1. The van der Waals surface area contributed by atoms with Crippen molar-refractivity contribution in [3.63, 3.8) is 0 Å². The number of hydrogen-bond acceptors (Lipinski definition) is 10. The lowest BCUT2D eigenvalue weighted by atomic mass is 9.98. The van der Waals surface area contributed by atoms with Crippen LogP contribution in [0.15, 0.2) is 36.9 Å². The van der Waals surface area contributed by atoms with E-state index < -0.39 is 22.3 Å². The summed E-state index contributed by atoms with van der Waals surface area (Å²) in [7, 11) is -4.34. The van der Waals surface area contributed by atoms with Crippen molar-refractivity contribution in [3.05, 3.63) is 69.1 Å². The zero-order valence-electron chi connectivity index (χ0n) is 20.0. The van der Waals surface area contributed by atoms with E-state index in [1.54, 1.807) is 6.20 Å². The molecule has 0 radical (unpaired) electrons. The molecule has 4 atom stereocenters. The number of ether oxygens (including phenoxy) is 1. The van der Waals surface area contributed by atoms with Gasteiger partial charge in [-0.2, -0.15) is 13.1 Å². The second-order valence-corrected chi connectivity index (χ2v) is 11.7. The number of fused-ring (bicyclic) bond motifs is 1. The molecule has 4 heterocycles. The van der Waals surface area contributed by atoms with Crippen LogP contribution in [-0.4, -0.2) is 64.1 Å². The second-order valence-electron chi connectivity index (χ2n) is 9.25. The molecule has 196 valence electrons. The topological polar surface area (TPSA) is 164 Å². The SMILES string of the molecule is Cc1sc(C(=O)c2cncnc2N[C@@H]2C[C@H](CNS(=O)(=O)O)[C@@H](O)C2)cc1[C@H]1OCCc2cccnc21. The summed E-state index contributed by atoms with van der Waals surface area (Å²) in [4.78, 5) is 27.9. The van der Waals surface area contributed by atoms with Crippen LogP contribution in [-0.2, 0) is 21.5 Å². The average Bonchev–Trinajstić information content (AvgIpc) is 3.43. The van der Waals surface area contributed by atoms with Crippen LogP contribution in [0, 0.1) is 12.8 Å². The first-order chi connectivity index (χ1) is 17.7. The standard InChI is InChI=1S/C24H27N5O6S2/c1-13-17(23-21-14(4-6-35-23)3-2-5-26-21)9-20(36-13)22(31)18-11-25-12-27-24(18)29-16-7-15(19(30)8-16)10-28-37(32,33)34/h2-3,5,9,11-12,15-16,19,23,28,30H,4,6-8,10H2,1H3,(H,25,27,29)(H,32,33,34)/t15-,16-,19+,23-/m1/s1. The first kappa shape index (κ1) is 25.8. The molecule has 1 saturated carbocycles. The van der Waals surface area contributed by atoms with E-state index in [4.69, 9.17) is 9.29 Å². The molecule has 0 amide bonds. The molecular formula is C24H27N5O6S2. The Kier molecular flexibility index (Phi) is 7.34. The van der Waals surface area contributed by atoms with Crippen molar-refractivity contribution >= 4 is 33.2 Å². The van der Waals surface area contributed by atoms with Crippen LogP contribution >= 0.6 is 11.3 Å². The van der Waals surface area contributed by atoms with E-state index in [2.05, 4.69) is 20.3 Å². The fourth-order valence-corrected chi connectivity index (χ4v) is 6.39. The average molecular weight is 546 g/mol. The number of anilines is 1. The number of carbonyl (C=O) groups is 1. The highest BCUT2D eigenvalue weighted by molar-refractivity contribution is 7.83. The minimum absolute atomic E-state index is 0.0911. The molecule has 3 aromatic heterocycles. The Morgan fingerprint density at radius 2 is 2.14 bits per heavy atom. The van der Waals surface area contributed by atoms with Gasteiger partial charge in [-0.15, -0.1) is 11.3 Å². The second kappa shape index (κ2) is 10.5. The largest absolute Gasteiger partial charge is 0.393 e. The molecular weight excluding hydrogens is 518 g/mol. The Balaban J connectivity index is 1.34. The molecule has 37 heavy (non-hydrogen) atoms. The maximum absolute atomic E-state index is 13.6. The predicted octanol–water partition coefficient (Wildman–Crippen LogP) is 2.08. The number of nitrogens with zero attached hydrogens (tertiary/aromatic N) is 3. The van der Waals surface area contributed by atoms with E-state index in [0.29, 0.717) is 35.7 Å². The van der Waals surface area contributed by atoms with Crippen LogP contribution in [0.5, 0.6) is 0 Å². The van der Waals surface area contributed by atoms with Gasteiger partial charge in [0.05, 0.1) is 28.8 Å². The van der Waals surface area contributed by atoms with Crippen molar-refractivity contribution in [1.82, 2.24) is 19.7 Å². The molecule has 3 aromatic rings. The van der Waals surface area contributed by atoms with Gasteiger partial charge in [-0.25, -0.2) is 9.97 Å². The number of aliphatic hydroxyl groups is 1. The number of hydrogen-bond donors (Lipinski definition) is 4. The van der Waals surface area contributed by atoms with Crippen molar-refractivity contribution < 1.29 is 27.6 Å². The number of aromatic nitrogens is 3. The number of rotatable bonds is 8. The Morgan fingerprint density at radius 1 is 1.30 bits per heavy atom. The number of aryl methyl sites for hydroxylation is 1. The van der Waals surface area contributed by atoms with Gasteiger partial charge >= 0.3 is 10.3 Å². The van der Waals surface area contributed by atoms with Crippen LogP contribution in [0.1, 0.15) is 55.9 Å². The lowest BCUT2D eigenvalue weighted by Crippen LogP contribution is -2.32. The molecule has 13 heteroatoms. The lowest BCUT2D eigenvalue weighted by Gasteiger charge is -2.25. The van der Waals surface area contributed by atoms with Crippen molar-refractivity contribution in [1.29, 1.82) is 0 Å². The lowest BCUT2D eigenvalue weighted by molar-refractivity contribution is 0.0663. The Bertz CT molecular complexity index is 1410. The minimum Gasteiger partial charge on any atom is -0.393 e. The molecule has 0 saturated heterocycles. The normalized spacial score (nSPS) is 23.5. The predicted molar refractivity (Wildman–Crippen MR) is 136 cm³/mol. The highest BCUT2D eigenvalue weighted by Gasteiger charge is 2.34. The van der Waals surface area contributed by atoms with E-state index in [1.807, 2.05) is 29.8 Å². The smallest absolute Gasteiger partial charge is 0.333 e. The van der Waals surface area contributed by atoms with E-state index >= 15 is 0 Å². The summed E-state index contributed by atoms with van der Waals surface area (Å²) in [6, 6.07) is 5.57. The molecule has 0 unspecified atom stereocenters. The highest BCUT2D eigenvalue weighted by Crippen LogP contribution is 2.37. The van der Waals surface area contributed by atoms with Gasteiger partial charge in [0.25, 0.3) is 0 Å². The quantitative estimate of drug-likeness (QED) is 0.243. The number of aliphatic hydroxyl groups excluding tert-OH is 1. The van der Waals surface area contributed by atoms with Crippen molar-refractivity contribution in [2.24, 2.45) is 5.92 Å². The van der Waals surface area contributed by atoms with Crippen molar-refractivity contribution in [3.8, 4) is 0 Å². The van der Waals surface area contributed by atoms with Crippen LogP contribution in [0.2, 0.25) is 0 Å². The molecule has 1 aliphatic heterocycles. The fourth-order valence-electron chi connectivity index (χ4n) is 4.96. The summed E-state index contributed by atoms with van der Waals surface area (Å²) < 4.78 is 39.0. The van der Waals surface area contributed by atoms with E-state index in [1.165, 1.54) is 23.9 Å². The summed E-state index contributed by atoms with van der Waals surface area (Å²) in [6.07, 6.45) is 5.00. The Hall–Kier alpha value is -2.81. The van der Waals surface area contributed by atoms with Crippen LogP contribution in [0.25, 0.3) is 0 Å². The number of ketones is 1. The third-order valence-electron chi connectivity index (χ3n) is 6.78. The van der Waals surface area contributed by atoms with Crippen LogP contribution in [0.4, 0.5) is 5.82 Å². The molecule has 4 N–H and O–H groups in total. The maximum atomic E-state index is 13.6. The third-order valence-corrected chi connectivity index (χ3v) is 8.37. The molecule has 1 fully saturated rings. The molecule has 5 rings (SSSR count). The molecule has 0 aromatic carbocycles. The van der Waals surface area contributed by atoms with Gasteiger partial charge < -0.3 is 15.2 Å². The Labute approximate surface area is 218 Å². The van der Waals surface area contributed by atoms with Gasteiger partial charge in [-0.05, 0) is 43.9 Å². The number of pyridine rings is 1. The Morgan fingerprint density at radius 3 is 2.95 bits per heavy atom. The molecule has 11 nitrogen and oxygen atoms in total. The third kappa shape index (κ3) is 5.71. The van der Waals surface area contributed by atoms with Gasteiger partial charge in [0, 0.05) is 41.3 Å². The minimum atomic E-state index is -4.34. The van der Waals surface area contributed by atoms with E-state index in [0.717, 1.165) is 28.1 Å². The van der Waals surface area contributed by atoms with Crippen molar-refractivity contribution in [2.45, 2.75) is 44.4 Å². The molecule has 2 aliphatic rings. The van der Waals surface area contributed by atoms with Gasteiger partial charge in [0.1, 0.15) is 18.2 Å². The van der Waals surface area contributed by atoms with Gasteiger partial charge in [-0.3, -0.25) is 14.3 Å². The summed E-state index contributed by atoms with van der Waals surface area (Å²) in [6.45, 7) is 2.45. The van der Waals surface area contributed by atoms with E-state index in [-0.39, 0.29) is 24.5 Å². The number of carbonyl (C=O) groups excluding carboxylic acids is 1. The summed E-state index contributed by atoms with van der Waals surface area (Å²) in [5.41, 5.74) is 3.22. The maximum Gasteiger partial charge on any atom is 0.333 e. The van der Waals surface area contributed by atoms with Crippen LogP contribution in [0.3, 0.4) is 0 Å². The monoisotopic (exact) mass is 545 g/mol. The first-order valence-electron chi connectivity index (χ1n) is 11.9.